The standard InChI is InChI=1S/C21H24ClFN6O3/c1-12-19(13(2)27(3)26-12)15-8-18(24-9-16(15)23)32-14-4-5-28(11-14)17-10-25-29(6-7-30)21(31)20(17)22/h8-10,14,30H,4-7,11H2,1-3H3/t14-/m1/s1. The Morgan fingerprint density at radius 3 is 2.81 bits per heavy atom. The van der Waals surface area contributed by atoms with Crippen LogP contribution in [0.1, 0.15) is 17.8 Å². The maximum atomic E-state index is 14.6. The molecule has 1 N–H and O–H groups in total. The predicted octanol–water partition coefficient (Wildman–Crippen LogP) is 2.10. The third-order valence-electron chi connectivity index (χ3n) is 5.66. The summed E-state index contributed by atoms with van der Waals surface area (Å²) in [7, 11) is 1.82. The van der Waals surface area contributed by atoms with Gasteiger partial charge in [0.15, 0.2) is 0 Å². The van der Waals surface area contributed by atoms with E-state index in [1.807, 2.05) is 25.8 Å². The molecule has 1 aliphatic heterocycles. The van der Waals surface area contributed by atoms with E-state index in [4.69, 9.17) is 21.4 Å². The number of ether oxygens (including phenoxy) is 1. The van der Waals surface area contributed by atoms with Crippen molar-refractivity contribution in [1.29, 1.82) is 0 Å². The van der Waals surface area contributed by atoms with Crippen LogP contribution in [0.15, 0.2) is 23.3 Å². The maximum absolute atomic E-state index is 14.6. The van der Waals surface area contributed by atoms with Crippen molar-refractivity contribution in [2.45, 2.75) is 32.9 Å². The van der Waals surface area contributed by atoms with Crippen molar-refractivity contribution in [1.82, 2.24) is 24.5 Å². The number of aromatic nitrogens is 5. The van der Waals surface area contributed by atoms with E-state index in [1.165, 1.54) is 6.20 Å². The Balaban J connectivity index is 1.52. The van der Waals surface area contributed by atoms with Crippen LogP contribution >= 0.6 is 11.6 Å². The molecule has 4 heterocycles. The van der Waals surface area contributed by atoms with Crippen LogP contribution in [0, 0.1) is 19.7 Å². The number of rotatable bonds is 6. The fraction of sp³-hybridized carbons (Fsp3) is 0.429. The van der Waals surface area contributed by atoms with Gasteiger partial charge in [0, 0.05) is 42.9 Å². The molecular formula is C21H24ClFN6O3. The molecule has 0 aliphatic carbocycles. The summed E-state index contributed by atoms with van der Waals surface area (Å²) < 4.78 is 23.4. The number of aryl methyl sites for hydroxylation is 2. The van der Waals surface area contributed by atoms with Crippen molar-refractivity contribution in [2.24, 2.45) is 7.05 Å². The van der Waals surface area contributed by atoms with Gasteiger partial charge in [0.2, 0.25) is 5.88 Å². The van der Waals surface area contributed by atoms with Crippen molar-refractivity contribution in [3.05, 3.63) is 51.0 Å². The highest BCUT2D eigenvalue weighted by molar-refractivity contribution is 6.33. The van der Waals surface area contributed by atoms with Gasteiger partial charge in [0.1, 0.15) is 16.9 Å². The second-order valence-corrected chi connectivity index (χ2v) is 8.12. The highest BCUT2D eigenvalue weighted by Gasteiger charge is 2.28. The van der Waals surface area contributed by atoms with Crippen molar-refractivity contribution < 1.29 is 14.2 Å². The minimum atomic E-state index is -0.449. The predicted molar refractivity (Wildman–Crippen MR) is 118 cm³/mol. The minimum absolute atomic E-state index is 0.0545. The van der Waals surface area contributed by atoms with E-state index in [0.717, 1.165) is 27.8 Å². The summed E-state index contributed by atoms with van der Waals surface area (Å²) >= 11 is 6.26. The molecule has 0 saturated carbocycles. The molecule has 0 unspecified atom stereocenters. The SMILES string of the molecule is Cc1nn(C)c(C)c1-c1cc(O[C@@H]2CCN(c3cnn(CCO)c(=O)c3Cl)C2)ncc1F. The van der Waals surface area contributed by atoms with Crippen LogP contribution in [-0.2, 0) is 13.6 Å². The van der Waals surface area contributed by atoms with Crippen LogP contribution < -0.4 is 15.2 Å². The van der Waals surface area contributed by atoms with Gasteiger partial charge < -0.3 is 14.7 Å². The van der Waals surface area contributed by atoms with Gasteiger partial charge in [-0.15, -0.1) is 0 Å². The smallest absolute Gasteiger partial charge is 0.287 e. The molecule has 3 aromatic heterocycles. The zero-order chi connectivity index (χ0) is 23.0. The van der Waals surface area contributed by atoms with Gasteiger partial charge in [-0.3, -0.25) is 9.48 Å². The van der Waals surface area contributed by atoms with Gasteiger partial charge in [0.25, 0.3) is 5.56 Å². The van der Waals surface area contributed by atoms with E-state index in [-0.39, 0.29) is 24.3 Å². The van der Waals surface area contributed by atoms with Crippen LogP contribution in [0.4, 0.5) is 10.1 Å². The van der Waals surface area contributed by atoms with Gasteiger partial charge in [-0.25, -0.2) is 14.1 Å². The number of hydrogen-bond donors (Lipinski definition) is 1. The topological polar surface area (TPSA) is 98.3 Å². The quantitative estimate of drug-likeness (QED) is 0.599. The summed E-state index contributed by atoms with van der Waals surface area (Å²) in [5.74, 6) is -0.121. The molecule has 11 heteroatoms. The molecule has 0 aromatic carbocycles. The van der Waals surface area contributed by atoms with Crippen LogP contribution in [0.5, 0.6) is 5.88 Å². The Kier molecular flexibility index (Phi) is 6.16. The molecule has 4 rings (SSSR count). The highest BCUT2D eigenvalue weighted by atomic mass is 35.5. The molecule has 0 bridgehead atoms. The van der Waals surface area contributed by atoms with Crippen LogP contribution in [-0.4, -0.2) is 55.5 Å². The lowest BCUT2D eigenvalue weighted by molar-refractivity contribution is 0.215. The Morgan fingerprint density at radius 2 is 2.12 bits per heavy atom. The summed E-state index contributed by atoms with van der Waals surface area (Å²) in [5, 5.41) is 17.5. The molecule has 1 aliphatic rings. The van der Waals surface area contributed by atoms with E-state index >= 15 is 0 Å². The van der Waals surface area contributed by atoms with Gasteiger partial charge in [-0.1, -0.05) is 11.6 Å². The van der Waals surface area contributed by atoms with Gasteiger partial charge in [0.05, 0.1) is 43.5 Å². The molecule has 0 spiro atoms. The van der Waals surface area contributed by atoms with Crippen molar-refractivity contribution in [2.75, 3.05) is 24.6 Å². The van der Waals surface area contributed by atoms with Crippen LogP contribution in [0.25, 0.3) is 11.1 Å². The molecule has 1 fully saturated rings. The second kappa shape index (κ2) is 8.87. The first-order valence-electron chi connectivity index (χ1n) is 10.2. The molecule has 9 nitrogen and oxygen atoms in total. The summed E-state index contributed by atoms with van der Waals surface area (Å²) in [6.07, 6.45) is 3.14. The Bertz CT molecular complexity index is 1210. The average molecular weight is 463 g/mol. The minimum Gasteiger partial charge on any atom is -0.472 e. The largest absolute Gasteiger partial charge is 0.472 e. The summed E-state index contributed by atoms with van der Waals surface area (Å²) in [5.41, 5.74) is 2.77. The third kappa shape index (κ3) is 4.07. The zero-order valence-electron chi connectivity index (χ0n) is 18.0. The number of nitrogens with zero attached hydrogens (tertiary/aromatic N) is 6. The van der Waals surface area contributed by atoms with E-state index in [2.05, 4.69) is 15.2 Å². The number of anilines is 1. The average Bonchev–Trinajstić information content (AvgIpc) is 3.31. The number of pyridine rings is 1. The lowest BCUT2D eigenvalue weighted by Gasteiger charge is -2.20. The van der Waals surface area contributed by atoms with Crippen molar-refractivity contribution in [3.8, 4) is 17.0 Å². The molecule has 3 aromatic rings. The fourth-order valence-electron chi connectivity index (χ4n) is 3.98. The molecule has 1 saturated heterocycles. The van der Waals surface area contributed by atoms with E-state index in [0.29, 0.717) is 36.6 Å². The third-order valence-corrected chi connectivity index (χ3v) is 6.02. The second-order valence-electron chi connectivity index (χ2n) is 7.74. The number of halogens is 2. The summed E-state index contributed by atoms with van der Waals surface area (Å²) in [6.45, 7) is 4.70. The lowest BCUT2D eigenvalue weighted by Crippen LogP contribution is -2.30. The number of hydrogen-bond acceptors (Lipinski definition) is 7. The Hall–Kier alpha value is -2.98. The molecule has 0 amide bonds. The highest BCUT2D eigenvalue weighted by Crippen LogP contribution is 2.32. The molecule has 32 heavy (non-hydrogen) atoms. The normalized spacial score (nSPS) is 16.1. The van der Waals surface area contributed by atoms with Gasteiger partial charge >= 0.3 is 0 Å². The van der Waals surface area contributed by atoms with Gasteiger partial charge in [-0.2, -0.15) is 10.2 Å². The van der Waals surface area contributed by atoms with E-state index < -0.39 is 11.4 Å². The van der Waals surface area contributed by atoms with Gasteiger partial charge in [-0.05, 0) is 13.8 Å². The Morgan fingerprint density at radius 1 is 1.34 bits per heavy atom. The maximum Gasteiger partial charge on any atom is 0.287 e. The summed E-state index contributed by atoms with van der Waals surface area (Å²) in [4.78, 5) is 18.3. The first-order valence-corrected chi connectivity index (χ1v) is 10.6. The number of aliphatic hydroxyl groups is 1. The van der Waals surface area contributed by atoms with E-state index in [1.54, 1.807) is 10.7 Å². The number of aliphatic hydroxyl groups excluding tert-OH is 1. The first kappa shape index (κ1) is 22.2. The molecule has 0 radical (unpaired) electrons. The van der Waals surface area contributed by atoms with E-state index in [9.17, 15) is 9.18 Å². The summed E-state index contributed by atoms with van der Waals surface area (Å²) in [6, 6.07) is 1.60. The Labute approximate surface area is 189 Å². The first-order chi connectivity index (χ1) is 15.3. The van der Waals surface area contributed by atoms with Crippen molar-refractivity contribution in [3.63, 3.8) is 0 Å². The molecule has 1 atom stereocenters. The molecule has 170 valence electrons. The zero-order valence-corrected chi connectivity index (χ0v) is 18.8. The van der Waals surface area contributed by atoms with Crippen LogP contribution in [0.2, 0.25) is 5.02 Å². The lowest BCUT2D eigenvalue weighted by atomic mass is 10.0. The van der Waals surface area contributed by atoms with Crippen molar-refractivity contribution >= 4 is 17.3 Å². The molecular weight excluding hydrogens is 439 g/mol. The monoisotopic (exact) mass is 462 g/mol. The van der Waals surface area contributed by atoms with Crippen LogP contribution in [0.3, 0.4) is 0 Å². The fourth-order valence-corrected chi connectivity index (χ4v) is 4.25.